The molecule has 8 nitrogen and oxygen atoms in total. The van der Waals surface area contributed by atoms with Gasteiger partial charge >= 0.3 is 5.69 Å². The maximum atomic E-state index is 12.5. The summed E-state index contributed by atoms with van der Waals surface area (Å²) in [5, 5.41) is 0. The standard InChI is InChI=1S/C15H22N4O4/c1-3-4-5-11-14(22)17(2)8-9-19(11)13(21)10-18-7-6-12(20)16-15(18)23/h6-7,11H,3-5,8-10H2,1-2H3,(H,16,20,23)/t11-/m1/s1. The van der Waals surface area contributed by atoms with Crippen LogP contribution in [0.2, 0.25) is 0 Å². The molecule has 0 spiro atoms. The van der Waals surface area contributed by atoms with E-state index >= 15 is 0 Å². The molecule has 1 N–H and O–H groups in total. The van der Waals surface area contributed by atoms with Crippen molar-refractivity contribution in [3.63, 3.8) is 0 Å². The molecule has 1 fully saturated rings. The Bertz CT molecular complexity index is 693. The van der Waals surface area contributed by atoms with Crippen molar-refractivity contribution in [2.45, 2.75) is 38.8 Å². The lowest BCUT2D eigenvalue weighted by Crippen LogP contribution is -2.58. The predicted octanol–water partition coefficient (Wildman–Crippen LogP) is -0.604. The van der Waals surface area contributed by atoms with Crippen LogP contribution in [0.25, 0.3) is 0 Å². The molecule has 1 aromatic rings. The van der Waals surface area contributed by atoms with E-state index in [9.17, 15) is 19.2 Å². The highest BCUT2D eigenvalue weighted by molar-refractivity contribution is 5.88. The van der Waals surface area contributed by atoms with E-state index in [4.69, 9.17) is 0 Å². The molecule has 8 heteroatoms. The maximum Gasteiger partial charge on any atom is 0.328 e. The highest BCUT2D eigenvalue weighted by Gasteiger charge is 2.35. The number of carbonyl (C=O) groups is 2. The fourth-order valence-electron chi connectivity index (χ4n) is 2.69. The third kappa shape index (κ3) is 3.88. The second kappa shape index (κ2) is 7.26. The highest BCUT2D eigenvalue weighted by Crippen LogP contribution is 2.16. The normalized spacial score (nSPS) is 18.3. The Hall–Kier alpha value is -2.38. The van der Waals surface area contributed by atoms with E-state index < -0.39 is 17.3 Å². The number of piperazine rings is 1. The molecule has 23 heavy (non-hydrogen) atoms. The number of carbonyl (C=O) groups excluding carboxylic acids is 2. The summed E-state index contributed by atoms with van der Waals surface area (Å²) < 4.78 is 1.14. The van der Waals surface area contributed by atoms with Crippen molar-refractivity contribution in [3.8, 4) is 0 Å². The van der Waals surface area contributed by atoms with E-state index in [1.165, 1.54) is 12.3 Å². The number of likely N-dealkylation sites (N-methyl/N-ethyl adjacent to an activating group) is 1. The Morgan fingerprint density at radius 3 is 2.70 bits per heavy atom. The number of hydrogen-bond donors (Lipinski definition) is 1. The average molecular weight is 322 g/mol. The predicted molar refractivity (Wildman–Crippen MR) is 84.0 cm³/mol. The number of nitrogens with one attached hydrogen (secondary N) is 1. The lowest BCUT2D eigenvalue weighted by Gasteiger charge is -2.39. The van der Waals surface area contributed by atoms with E-state index in [0.29, 0.717) is 19.5 Å². The SMILES string of the molecule is CCCC[C@@H]1C(=O)N(C)CCN1C(=O)Cn1ccc(=O)[nH]c1=O. The number of amides is 2. The molecule has 1 aromatic heterocycles. The number of aromatic amines is 1. The van der Waals surface area contributed by atoms with Crippen molar-refractivity contribution in [2.75, 3.05) is 20.1 Å². The molecular weight excluding hydrogens is 300 g/mol. The second-order valence-corrected chi connectivity index (χ2v) is 5.74. The summed E-state index contributed by atoms with van der Waals surface area (Å²) in [4.78, 5) is 52.9. The number of hydrogen-bond acceptors (Lipinski definition) is 4. The number of aromatic nitrogens is 2. The van der Waals surface area contributed by atoms with Gasteiger partial charge in [0.25, 0.3) is 5.56 Å². The summed E-state index contributed by atoms with van der Waals surface area (Å²) in [5.41, 5.74) is -1.13. The number of nitrogens with zero attached hydrogens (tertiary/aromatic N) is 3. The lowest BCUT2D eigenvalue weighted by atomic mass is 10.0. The summed E-state index contributed by atoms with van der Waals surface area (Å²) in [6.45, 7) is 2.78. The van der Waals surface area contributed by atoms with Gasteiger partial charge in [-0.15, -0.1) is 0 Å². The fraction of sp³-hybridized carbons (Fsp3) is 0.600. The summed E-state index contributed by atoms with van der Waals surface area (Å²) >= 11 is 0. The molecule has 1 atom stereocenters. The molecule has 1 aliphatic rings. The van der Waals surface area contributed by atoms with Gasteiger partial charge in [0.05, 0.1) is 0 Å². The van der Waals surface area contributed by atoms with Gasteiger partial charge in [-0.05, 0) is 6.42 Å². The first kappa shape index (κ1) is 17.0. The minimum absolute atomic E-state index is 0.0631. The molecule has 0 unspecified atom stereocenters. The second-order valence-electron chi connectivity index (χ2n) is 5.74. The van der Waals surface area contributed by atoms with E-state index in [1.54, 1.807) is 16.8 Å². The number of H-pyrrole nitrogens is 1. The van der Waals surface area contributed by atoms with Crippen LogP contribution in [-0.4, -0.2) is 57.3 Å². The largest absolute Gasteiger partial charge is 0.342 e. The maximum absolute atomic E-state index is 12.5. The van der Waals surface area contributed by atoms with Gasteiger partial charge in [-0.2, -0.15) is 0 Å². The quantitative estimate of drug-likeness (QED) is 0.783. The van der Waals surface area contributed by atoms with Gasteiger partial charge in [-0.3, -0.25) is 23.9 Å². The van der Waals surface area contributed by atoms with Crippen LogP contribution < -0.4 is 11.2 Å². The Kier molecular flexibility index (Phi) is 5.36. The van der Waals surface area contributed by atoms with E-state index in [1.807, 2.05) is 6.92 Å². The molecule has 0 bridgehead atoms. The van der Waals surface area contributed by atoms with Crippen molar-refractivity contribution >= 4 is 11.8 Å². The van der Waals surface area contributed by atoms with Crippen molar-refractivity contribution in [1.82, 2.24) is 19.4 Å². The van der Waals surface area contributed by atoms with Gasteiger partial charge in [0.1, 0.15) is 12.6 Å². The van der Waals surface area contributed by atoms with Gasteiger partial charge in [0.2, 0.25) is 11.8 Å². The van der Waals surface area contributed by atoms with Gasteiger partial charge in [-0.1, -0.05) is 19.8 Å². The van der Waals surface area contributed by atoms with Crippen LogP contribution in [0.15, 0.2) is 21.9 Å². The minimum Gasteiger partial charge on any atom is -0.342 e. The Balaban J connectivity index is 2.16. The summed E-state index contributed by atoms with van der Waals surface area (Å²) in [7, 11) is 1.73. The van der Waals surface area contributed by atoms with Crippen molar-refractivity contribution in [3.05, 3.63) is 33.1 Å². The molecule has 2 rings (SSSR count). The van der Waals surface area contributed by atoms with Crippen molar-refractivity contribution in [2.24, 2.45) is 0 Å². The van der Waals surface area contributed by atoms with Crippen LogP contribution in [0.4, 0.5) is 0 Å². The molecule has 2 amide bonds. The van der Waals surface area contributed by atoms with E-state index in [-0.39, 0.29) is 18.4 Å². The first-order valence-corrected chi connectivity index (χ1v) is 7.78. The molecule has 126 valence electrons. The van der Waals surface area contributed by atoms with E-state index in [0.717, 1.165) is 17.4 Å². The zero-order valence-corrected chi connectivity index (χ0v) is 13.4. The molecule has 1 saturated heterocycles. The zero-order chi connectivity index (χ0) is 17.0. The molecule has 0 aromatic carbocycles. The van der Waals surface area contributed by atoms with Crippen molar-refractivity contribution in [1.29, 1.82) is 0 Å². The van der Waals surface area contributed by atoms with Gasteiger partial charge in [-0.25, -0.2) is 4.79 Å². The highest BCUT2D eigenvalue weighted by atomic mass is 16.2. The summed E-state index contributed by atoms with van der Waals surface area (Å²) in [5.74, 6) is -0.353. The number of unbranched alkanes of at least 4 members (excludes halogenated alkanes) is 1. The van der Waals surface area contributed by atoms with Gasteiger partial charge in [0.15, 0.2) is 0 Å². The molecule has 0 aliphatic carbocycles. The van der Waals surface area contributed by atoms with Crippen LogP contribution in [-0.2, 0) is 16.1 Å². The Labute approximate surface area is 133 Å². The van der Waals surface area contributed by atoms with Crippen LogP contribution in [0.5, 0.6) is 0 Å². The summed E-state index contributed by atoms with van der Waals surface area (Å²) in [6, 6.07) is 0.720. The zero-order valence-electron chi connectivity index (χ0n) is 13.4. The molecular formula is C15H22N4O4. The van der Waals surface area contributed by atoms with Crippen LogP contribution in [0.3, 0.4) is 0 Å². The van der Waals surface area contributed by atoms with Gasteiger partial charge < -0.3 is 9.80 Å². The smallest absolute Gasteiger partial charge is 0.328 e. The third-order valence-corrected chi connectivity index (χ3v) is 4.07. The molecule has 2 heterocycles. The fourth-order valence-corrected chi connectivity index (χ4v) is 2.69. The first-order chi connectivity index (χ1) is 10.9. The monoisotopic (exact) mass is 322 g/mol. The Morgan fingerprint density at radius 1 is 1.30 bits per heavy atom. The first-order valence-electron chi connectivity index (χ1n) is 7.78. The van der Waals surface area contributed by atoms with Crippen LogP contribution in [0, 0.1) is 0 Å². The van der Waals surface area contributed by atoms with Crippen LogP contribution >= 0.6 is 0 Å². The Morgan fingerprint density at radius 2 is 2.04 bits per heavy atom. The van der Waals surface area contributed by atoms with Crippen molar-refractivity contribution < 1.29 is 9.59 Å². The molecule has 0 saturated carbocycles. The summed E-state index contributed by atoms with van der Waals surface area (Å²) in [6.07, 6.45) is 3.70. The average Bonchev–Trinajstić information content (AvgIpc) is 2.51. The molecule has 0 radical (unpaired) electrons. The van der Waals surface area contributed by atoms with E-state index in [2.05, 4.69) is 4.98 Å². The van der Waals surface area contributed by atoms with Crippen LogP contribution in [0.1, 0.15) is 26.2 Å². The molecule has 1 aliphatic heterocycles. The lowest BCUT2D eigenvalue weighted by molar-refractivity contribution is -0.151. The topological polar surface area (TPSA) is 95.5 Å². The minimum atomic E-state index is -0.628. The third-order valence-electron chi connectivity index (χ3n) is 4.07. The van der Waals surface area contributed by atoms with Gasteiger partial charge in [0, 0.05) is 32.4 Å². The number of rotatable bonds is 5.